The van der Waals surface area contributed by atoms with Crippen LogP contribution in [0.25, 0.3) is 0 Å². The lowest BCUT2D eigenvalue weighted by Gasteiger charge is -2.39. The van der Waals surface area contributed by atoms with Crippen LogP contribution >= 0.6 is 0 Å². The van der Waals surface area contributed by atoms with Gasteiger partial charge in [0.15, 0.2) is 0 Å². The lowest BCUT2D eigenvalue weighted by atomic mass is 9.72. The minimum Gasteiger partial charge on any atom is -0.507 e. The van der Waals surface area contributed by atoms with Gasteiger partial charge >= 0.3 is 12.4 Å². The molecule has 6 aromatic carbocycles. The molecular weight excluding hydrogens is 847 g/mol. The van der Waals surface area contributed by atoms with Crippen LogP contribution < -0.4 is 18.9 Å². The molecule has 0 saturated carbocycles. The molecule has 0 spiro atoms. The molecule has 0 aliphatic heterocycles. The molecule has 0 bridgehead atoms. The molecule has 2 N–H and O–H groups in total. The van der Waals surface area contributed by atoms with Gasteiger partial charge in [0, 0.05) is 0 Å². The summed E-state index contributed by atoms with van der Waals surface area (Å²) in [7, 11) is 0. The number of allylic oxidation sites excluding steroid dienone is 2. The summed E-state index contributed by atoms with van der Waals surface area (Å²) in [5.74, 6) is 2.98. The fourth-order valence-corrected chi connectivity index (χ4v) is 8.14. The highest BCUT2D eigenvalue weighted by Crippen LogP contribution is 2.57. The molecule has 0 fully saturated rings. The van der Waals surface area contributed by atoms with Crippen LogP contribution in [0.15, 0.2) is 110 Å². The maximum Gasteiger partial charge on any atom is 0.411 e. The first-order valence-electron chi connectivity index (χ1n) is 20.6. The Morgan fingerprint density at radius 1 is 0.431 bits per heavy atom. The average molecular weight is 897 g/mol. The summed E-state index contributed by atoms with van der Waals surface area (Å²) in [6.45, 7) is 21.5. The standard InChI is InChI=1S/C53H50F6O6/c1-11-13-37-27-39(15-17-45(37)62-41-23-33(7)49(34(8)24-41)64-43-19-29(3)47(60)30(4)20-43)51(52(54,55)56,53(57,58)59)40-16-18-46(38(28-40)14-12-2)63-42-25-35(9)50(36(10)26-42)65-44-21-31(5)48(61)32(6)22-44/h11-12,15-28,60-61H,1-2,13-14H2,3-10H3. The van der Waals surface area contributed by atoms with E-state index in [4.69, 9.17) is 18.9 Å². The van der Waals surface area contributed by atoms with Crippen molar-refractivity contribution in [2.75, 3.05) is 0 Å². The first-order valence-corrected chi connectivity index (χ1v) is 20.6. The van der Waals surface area contributed by atoms with Crippen LogP contribution in [-0.2, 0) is 18.3 Å². The minimum atomic E-state index is -5.87. The maximum absolute atomic E-state index is 15.6. The Morgan fingerprint density at radius 3 is 0.985 bits per heavy atom. The number of phenolic OH excluding ortho intramolecular Hbond substituents is 2. The number of rotatable bonds is 14. The van der Waals surface area contributed by atoms with Crippen LogP contribution in [0, 0.1) is 55.4 Å². The zero-order valence-electron chi connectivity index (χ0n) is 37.4. The number of hydrogen-bond acceptors (Lipinski definition) is 6. The van der Waals surface area contributed by atoms with Crippen LogP contribution in [0.5, 0.6) is 57.5 Å². The van der Waals surface area contributed by atoms with Gasteiger partial charge in [-0.2, -0.15) is 26.3 Å². The second-order valence-corrected chi connectivity index (χ2v) is 16.4. The Labute approximate surface area is 375 Å². The summed E-state index contributed by atoms with van der Waals surface area (Å²) in [5.41, 5.74) is -1.40. The molecule has 6 rings (SSSR count). The molecule has 65 heavy (non-hydrogen) atoms. The first-order chi connectivity index (χ1) is 30.5. The highest BCUT2D eigenvalue weighted by Gasteiger charge is 2.72. The highest BCUT2D eigenvalue weighted by molar-refractivity contribution is 5.57. The Bertz CT molecular complexity index is 2520. The summed E-state index contributed by atoms with van der Waals surface area (Å²) in [6, 6.07) is 18.9. The van der Waals surface area contributed by atoms with E-state index in [0.29, 0.717) is 67.5 Å². The van der Waals surface area contributed by atoms with Crippen molar-refractivity contribution in [2.24, 2.45) is 0 Å². The molecule has 0 heterocycles. The molecule has 0 amide bonds. The molecule has 0 aliphatic carbocycles. The predicted octanol–water partition coefficient (Wildman–Crippen LogP) is 15.6. The lowest BCUT2D eigenvalue weighted by Crippen LogP contribution is -2.54. The van der Waals surface area contributed by atoms with Crippen molar-refractivity contribution < 1.29 is 55.5 Å². The van der Waals surface area contributed by atoms with Gasteiger partial charge in [-0.15, -0.1) is 13.2 Å². The average Bonchev–Trinajstić information content (AvgIpc) is 3.20. The monoisotopic (exact) mass is 896 g/mol. The normalized spacial score (nSPS) is 11.9. The Morgan fingerprint density at radius 2 is 0.708 bits per heavy atom. The van der Waals surface area contributed by atoms with Gasteiger partial charge in [0.25, 0.3) is 0 Å². The van der Waals surface area contributed by atoms with Crippen molar-refractivity contribution in [3.05, 3.63) is 177 Å². The molecule has 0 aliphatic rings. The Balaban J connectivity index is 1.37. The number of phenols is 2. The number of benzene rings is 6. The van der Waals surface area contributed by atoms with Gasteiger partial charge in [-0.1, -0.05) is 36.4 Å². The van der Waals surface area contributed by atoms with E-state index in [1.54, 1.807) is 104 Å². The van der Waals surface area contributed by atoms with Crippen molar-refractivity contribution in [3.8, 4) is 57.5 Å². The lowest BCUT2D eigenvalue weighted by molar-refractivity contribution is -0.288. The van der Waals surface area contributed by atoms with Gasteiger partial charge in [0.1, 0.15) is 57.5 Å². The largest absolute Gasteiger partial charge is 0.507 e. The third kappa shape index (κ3) is 9.53. The summed E-state index contributed by atoms with van der Waals surface area (Å²) in [6.07, 6.45) is -9.22. The Hall–Kier alpha value is -6.82. The zero-order valence-corrected chi connectivity index (χ0v) is 37.4. The van der Waals surface area contributed by atoms with Gasteiger partial charge in [0.2, 0.25) is 5.41 Å². The number of aromatic hydroxyl groups is 2. The van der Waals surface area contributed by atoms with E-state index in [0.717, 1.165) is 36.4 Å². The van der Waals surface area contributed by atoms with Crippen LogP contribution in [0.4, 0.5) is 26.3 Å². The predicted molar refractivity (Wildman–Crippen MR) is 241 cm³/mol. The third-order valence-corrected chi connectivity index (χ3v) is 11.3. The summed E-state index contributed by atoms with van der Waals surface area (Å²) >= 11 is 0. The SMILES string of the molecule is C=CCc1cc(C(c2ccc(Oc3cc(C)c(Oc4cc(C)c(O)c(C)c4)c(C)c3)c(CC=C)c2)(C(F)(F)F)C(F)(F)F)ccc1Oc1cc(C)c(Oc2cc(C)c(O)c(C)c2)c(C)c1. The van der Waals surface area contributed by atoms with Crippen molar-refractivity contribution in [2.45, 2.75) is 86.0 Å². The molecule has 6 aromatic rings. The maximum atomic E-state index is 15.6. The van der Waals surface area contributed by atoms with Gasteiger partial charge < -0.3 is 29.2 Å². The quantitative estimate of drug-likeness (QED) is 0.0838. The Kier molecular flexibility index (Phi) is 13.5. The number of alkyl halides is 6. The molecule has 0 radical (unpaired) electrons. The van der Waals surface area contributed by atoms with E-state index in [9.17, 15) is 10.2 Å². The van der Waals surface area contributed by atoms with E-state index >= 15 is 26.3 Å². The zero-order chi connectivity index (χ0) is 47.8. The van der Waals surface area contributed by atoms with E-state index in [-0.39, 0.29) is 58.5 Å². The molecule has 0 saturated heterocycles. The molecule has 340 valence electrons. The fraction of sp³-hybridized carbons (Fsp3) is 0.245. The molecule has 12 heteroatoms. The first kappa shape index (κ1) is 47.7. The summed E-state index contributed by atoms with van der Waals surface area (Å²) in [4.78, 5) is 0. The van der Waals surface area contributed by atoms with Crippen molar-refractivity contribution in [3.63, 3.8) is 0 Å². The second-order valence-electron chi connectivity index (χ2n) is 16.4. The van der Waals surface area contributed by atoms with Crippen LogP contribution in [0.3, 0.4) is 0 Å². The van der Waals surface area contributed by atoms with E-state index < -0.39 is 28.9 Å². The molecular formula is C53H50F6O6. The van der Waals surface area contributed by atoms with E-state index in [1.165, 1.54) is 12.2 Å². The van der Waals surface area contributed by atoms with Gasteiger partial charge in [-0.05, 0) is 196 Å². The number of aryl methyl sites for hydroxylation is 8. The van der Waals surface area contributed by atoms with Crippen molar-refractivity contribution in [1.29, 1.82) is 0 Å². The second kappa shape index (κ2) is 18.3. The third-order valence-electron chi connectivity index (χ3n) is 11.3. The summed E-state index contributed by atoms with van der Waals surface area (Å²) in [5, 5.41) is 20.4. The topological polar surface area (TPSA) is 77.4 Å². The molecule has 0 atom stereocenters. The number of halogens is 6. The number of hydrogen-bond donors (Lipinski definition) is 2. The van der Waals surface area contributed by atoms with Gasteiger partial charge in [-0.25, -0.2) is 0 Å². The van der Waals surface area contributed by atoms with E-state index in [2.05, 4.69) is 13.2 Å². The van der Waals surface area contributed by atoms with Crippen LogP contribution in [0.1, 0.15) is 66.8 Å². The van der Waals surface area contributed by atoms with Crippen LogP contribution in [0.2, 0.25) is 0 Å². The van der Waals surface area contributed by atoms with Gasteiger partial charge in [-0.3, -0.25) is 0 Å². The van der Waals surface area contributed by atoms with Crippen LogP contribution in [-0.4, -0.2) is 22.6 Å². The highest BCUT2D eigenvalue weighted by atomic mass is 19.4. The fourth-order valence-electron chi connectivity index (χ4n) is 8.14. The smallest absolute Gasteiger partial charge is 0.411 e. The number of ether oxygens (including phenoxy) is 4. The van der Waals surface area contributed by atoms with Gasteiger partial charge in [0.05, 0.1) is 0 Å². The molecule has 6 nitrogen and oxygen atoms in total. The van der Waals surface area contributed by atoms with E-state index in [1.807, 2.05) is 0 Å². The van der Waals surface area contributed by atoms with Crippen molar-refractivity contribution >= 4 is 0 Å². The minimum absolute atomic E-state index is 0.0375. The van der Waals surface area contributed by atoms with Crippen molar-refractivity contribution in [1.82, 2.24) is 0 Å². The molecule has 0 aromatic heterocycles. The molecule has 0 unspecified atom stereocenters. The summed E-state index contributed by atoms with van der Waals surface area (Å²) < 4.78 is 118.